The Hall–Kier alpha value is -2.02. The summed E-state index contributed by atoms with van der Waals surface area (Å²) in [7, 11) is 0. The number of nitrogens with two attached hydrogens (primary N) is 1. The van der Waals surface area contributed by atoms with E-state index in [0.717, 1.165) is 5.69 Å². The van der Waals surface area contributed by atoms with Crippen LogP contribution < -0.4 is 5.73 Å². The lowest BCUT2D eigenvalue weighted by Gasteiger charge is -2.07. The lowest BCUT2D eigenvalue weighted by atomic mass is 10.0. The van der Waals surface area contributed by atoms with E-state index < -0.39 is 0 Å². The summed E-state index contributed by atoms with van der Waals surface area (Å²) in [5, 5.41) is 0. The lowest BCUT2D eigenvalue weighted by molar-refractivity contribution is 1.33. The lowest BCUT2D eigenvalue weighted by Crippen LogP contribution is -1.93. The first-order chi connectivity index (χ1) is 8.18. The number of anilines is 1. The highest BCUT2D eigenvalue weighted by atomic mass is 14.6. The van der Waals surface area contributed by atoms with E-state index in [9.17, 15) is 0 Å². The van der Waals surface area contributed by atoms with Gasteiger partial charge in [0.2, 0.25) is 0 Å². The van der Waals surface area contributed by atoms with Gasteiger partial charge in [-0.2, -0.15) is 0 Å². The van der Waals surface area contributed by atoms with Crippen LogP contribution in [0.5, 0.6) is 0 Å². The van der Waals surface area contributed by atoms with Crippen molar-refractivity contribution in [3.05, 3.63) is 64.7 Å². The zero-order valence-electron chi connectivity index (χ0n) is 10.3. The molecule has 0 saturated heterocycles. The molecule has 2 aromatic carbocycles. The summed E-state index contributed by atoms with van der Waals surface area (Å²) in [6.45, 7) is 4.17. The second kappa shape index (κ2) is 4.88. The van der Waals surface area contributed by atoms with Crippen LogP contribution in [0.15, 0.2) is 42.5 Å². The summed E-state index contributed by atoms with van der Waals surface area (Å²) in [4.78, 5) is 0. The summed E-state index contributed by atoms with van der Waals surface area (Å²) in [6, 6.07) is 14.3. The average Bonchev–Trinajstić information content (AvgIpc) is 2.36. The summed E-state index contributed by atoms with van der Waals surface area (Å²) >= 11 is 0. The Balaban J connectivity index is 2.31. The molecule has 0 unspecified atom stereocenters. The van der Waals surface area contributed by atoms with Crippen LogP contribution in [0.25, 0.3) is 12.2 Å². The third-order valence-electron chi connectivity index (χ3n) is 3.13. The van der Waals surface area contributed by atoms with Crippen molar-refractivity contribution in [3.8, 4) is 0 Å². The van der Waals surface area contributed by atoms with Gasteiger partial charge in [-0.3, -0.25) is 0 Å². The minimum atomic E-state index is 0.861. The molecule has 0 spiro atoms. The summed E-state index contributed by atoms with van der Waals surface area (Å²) in [6.07, 6.45) is 4.26. The molecule has 0 heterocycles. The van der Waals surface area contributed by atoms with Crippen molar-refractivity contribution in [2.24, 2.45) is 0 Å². The quantitative estimate of drug-likeness (QED) is 0.603. The van der Waals surface area contributed by atoms with Gasteiger partial charge in [0.1, 0.15) is 0 Å². The molecular formula is C16H17N. The largest absolute Gasteiger partial charge is 0.399 e. The predicted octanol–water partition coefficient (Wildman–Crippen LogP) is 4.06. The normalized spacial score (nSPS) is 10.9. The van der Waals surface area contributed by atoms with Gasteiger partial charge in [0.15, 0.2) is 0 Å². The maximum atomic E-state index is 5.87. The van der Waals surface area contributed by atoms with Crippen LogP contribution in [-0.2, 0) is 0 Å². The van der Waals surface area contributed by atoms with Gasteiger partial charge < -0.3 is 5.73 Å². The molecule has 86 valence electrons. The Morgan fingerprint density at radius 1 is 0.824 bits per heavy atom. The minimum absolute atomic E-state index is 0.861. The van der Waals surface area contributed by atoms with Crippen molar-refractivity contribution in [1.82, 2.24) is 0 Å². The Labute approximate surface area is 103 Å². The molecule has 2 N–H and O–H groups in total. The van der Waals surface area contributed by atoms with Crippen LogP contribution in [0.3, 0.4) is 0 Å². The van der Waals surface area contributed by atoms with E-state index in [-0.39, 0.29) is 0 Å². The zero-order chi connectivity index (χ0) is 12.3. The monoisotopic (exact) mass is 223 g/mol. The van der Waals surface area contributed by atoms with E-state index in [4.69, 9.17) is 5.73 Å². The molecular weight excluding hydrogens is 206 g/mol. The van der Waals surface area contributed by atoms with Gasteiger partial charge in [-0.1, -0.05) is 48.6 Å². The smallest absolute Gasteiger partial charge is 0.0346 e. The van der Waals surface area contributed by atoms with Crippen LogP contribution >= 0.6 is 0 Å². The first kappa shape index (κ1) is 11.5. The molecule has 1 heteroatoms. The number of nitrogen functional groups attached to an aromatic ring is 1. The molecule has 0 amide bonds. The van der Waals surface area contributed by atoms with Gasteiger partial charge >= 0.3 is 0 Å². The molecule has 0 aliphatic carbocycles. The molecule has 0 bridgehead atoms. The highest BCUT2D eigenvalue weighted by Gasteiger charge is 2.00. The molecule has 17 heavy (non-hydrogen) atoms. The zero-order valence-corrected chi connectivity index (χ0v) is 10.3. The number of rotatable bonds is 2. The molecule has 0 radical (unpaired) electrons. The van der Waals surface area contributed by atoms with E-state index in [1.165, 1.54) is 22.3 Å². The van der Waals surface area contributed by atoms with Crippen LogP contribution in [0.4, 0.5) is 5.69 Å². The van der Waals surface area contributed by atoms with Crippen molar-refractivity contribution in [1.29, 1.82) is 0 Å². The Morgan fingerprint density at radius 3 is 2.24 bits per heavy atom. The molecule has 1 nitrogen and oxygen atoms in total. The standard InChI is InChI=1S/C16H17N/c1-12-13(2)16(17)11-10-15(12)9-8-14-6-4-3-5-7-14/h3-11H,17H2,1-2H3. The fourth-order valence-corrected chi connectivity index (χ4v) is 1.79. The fourth-order valence-electron chi connectivity index (χ4n) is 1.79. The van der Waals surface area contributed by atoms with Crippen LogP contribution in [0, 0.1) is 13.8 Å². The molecule has 0 atom stereocenters. The van der Waals surface area contributed by atoms with E-state index >= 15 is 0 Å². The van der Waals surface area contributed by atoms with Gasteiger partial charge in [0.25, 0.3) is 0 Å². The van der Waals surface area contributed by atoms with Gasteiger partial charge in [-0.15, -0.1) is 0 Å². The van der Waals surface area contributed by atoms with Gasteiger partial charge in [-0.25, -0.2) is 0 Å². The van der Waals surface area contributed by atoms with Crippen molar-refractivity contribution >= 4 is 17.8 Å². The van der Waals surface area contributed by atoms with Gasteiger partial charge in [0, 0.05) is 5.69 Å². The summed E-state index contributed by atoms with van der Waals surface area (Å²) in [5.74, 6) is 0. The third-order valence-corrected chi connectivity index (χ3v) is 3.13. The van der Waals surface area contributed by atoms with E-state index in [1.807, 2.05) is 24.3 Å². The van der Waals surface area contributed by atoms with Crippen LogP contribution in [0.2, 0.25) is 0 Å². The van der Waals surface area contributed by atoms with Crippen LogP contribution in [0.1, 0.15) is 22.3 Å². The van der Waals surface area contributed by atoms with E-state index in [1.54, 1.807) is 0 Å². The first-order valence-corrected chi connectivity index (χ1v) is 5.77. The molecule has 0 fully saturated rings. The van der Waals surface area contributed by atoms with E-state index in [0.29, 0.717) is 0 Å². The highest BCUT2D eigenvalue weighted by Crippen LogP contribution is 2.21. The molecule has 2 rings (SSSR count). The fraction of sp³-hybridized carbons (Fsp3) is 0.125. The predicted molar refractivity (Wildman–Crippen MR) is 75.7 cm³/mol. The number of hydrogen-bond acceptors (Lipinski definition) is 1. The maximum Gasteiger partial charge on any atom is 0.0346 e. The highest BCUT2D eigenvalue weighted by molar-refractivity contribution is 5.73. The Morgan fingerprint density at radius 2 is 1.53 bits per heavy atom. The molecule has 0 aliphatic rings. The van der Waals surface area contributed by atoms with Gasteiger partial charge in [0.05, 0.1) is 0 Å². The van der Waals surface area contributed by atoms with E-state index in [2.05, 4.69) is 44.2 Å². The second-order valence-corrected chi connectivity index (χ2v) is 4.24. The molecule has 0 saturated carbocycles. The van der Waals surface area contributed by atoms with Crippen molar-refractivity contribution < 1.29 is 0 Å². The average molecular weight is 223 g/mol. The van der Waals surface area contributed by atoms with Crippen molar-refractivity contribution in [2.45, 2.75) is 13.8 Å². The topological polar surface area (TPSA) is 26.0 Å². The Bertz CT molecular complexity index is 539. The number of hydrogen-bond donors (Lipinski definition) is 1. The minimum Gasteiger partial charge on any atom is -0.399 e. The summed E-state index contributed by atoms with van der Waals surface area (Å²) in [5.41, 5.74) is 11.6. The SMILES string of the molecule is Cc1c(N)ccc(C=Cc2ccccc2)c1C. The van der Waals surface area contributed by atoms with Crippen molar-refractivity contribution in [2.75, 3.05) is 5.73 Å². The Kier molecular flexibility index (Phi) is 3.29. The maximum absolute atomic E-state index is 5.87. The summed E-state index contributed by atoms with van der Waals surface area (Å²) < 4.78 is 0. The first-order valence-electron chi connectivity index (χ1n) is 5.77. The number of benzene rings is 2. The molecule has 2 aromatic rings. The van der Waals surface area contributed by atoms with Crippen LogP contribution in [-0.4, -0.2) is 0 Å². The second-order valence-electron chi connectivity index (χ2n) is 4.24. The van der Waals surface area contributed by atoms with Gasteiger partial charge in [-0.05, 0) is 42.2 Å². The van der Waals surface area contributed by atoms with Crippen molar-refractivity contribution in [3.63, 3.8) is 0 Å². The molecule has 0 aromatic heterocycles. The third kappa shape index (κ3) is 2.56. The molecule has 0 aliphatic heterocycles.